The minimum atomic E-state index is 0.0474. The van der Waals surface area contributed by atoms with Crippen molar-refractivity contribution >= 4 is 6.08 Å². The van der Waals surface area contributed by atoms with Crippen molar-refractivity contribution in [3.63, 3.8) is 0 Å². The van der Waals surface area contributed by atoms with E-state index in [4.69, 9.17) is 0 Å². The monoisotopic (exact) mass is 177 g/mol. The summed E-state index contributed by atoms with van der Waals surface area (Å²) in [5.41, 5.74) is 0.717. The third-order valence-electron chi connectivity index (χ3n) is 1.83. The van der Waals surface area contributed by atoms with Crippen LogP contribution in [0.1, 0.15) is 19.4 Å². The molecule has 1 aromatic heterocycles. The molecule has 0 bridgehead atoms. The molecule has 1 rings (SSSR count). The van der Waals surface area contributed by atoms with Crippen LogP contribution in [0.3, 0.4) is 0 Å². The second kappa shape index (κ2) is 4.08. The van der Waals surface area contributed by atoms with Crippen molar-refractivity contribution in [1.82, 2.24) is 4.57 Å². The van der Waals surface area contributed by atoms with Gasteiger partial charge in [-0.15, -0.1) is 0 Å². The van der Waals surface area contributed by atoms with Crippen LogP contribution in [-0.4, -0.2) is 4.57 Å². The van der Waals surface area contributed by atoms with Gasteiger partial charge in [-0.05, 0) is 18.1 Å². The Morgan fingerprint density at radius 2 is 2.31 bits per heavy atom. The molecule has 0 N–H and O–H groups in total. The fraction of sp³-hybridized carbons (Fsp3) is 0.364. The summed E-state index contributed by atoms with van der Waals surface area (Å²) in [6, 6.07) is 3.66. The molecular weight excluding hydrogens is 162 g/mol. The van der Waals surface area contributed by atoms with Crippen molar-refractivity contribution in [2.45, 2.75) is 20.4 Å². The highest BCUT2D eigenvalue weighted by Crippen LogP contribution is 1.98. The van der Waals surface area contributed by atoms with Crippen molar-refractivity contribution < 1.29 is 0 Å². The Morgan fingerprint density at radius 1 is 1.62 bits per heavy atom. The molecule has 70 valence electrons. The molecule has 0 radical (unpaired) electrons. The normalized spacial score (nSPS) is 10.4. The lowest BCUT2D eigenvalue weighted by molar-refractivity contribution is 0.510. The van der Waals surface area contributed by atoms with Gasteiger partial charge in [0.15, 0.2) is 0 Å². The van der Waals surface area contributed by atoms with Crippen LogP contribution in [0.25, 0.3) is 6.08 Å². The van der Waals surface area contributed by atoms with E-state index in [2.05, 4.69) is 20.4 Å². The first-order chi connectivity index (χ1) is 6.15. The van der Waals surface area contributed by atoms with Gasteiger partial charge in [-0.2, -0.15) is 0 Å². The molecule has 0 saturated carbocycles. The zero-order valence-corrected chi connectivity index (χ0v) is 8.16. The minimum Gasteiger partial charge on any atom is -0.315 e. The summed E-state index contributed by atoms with van der Waals surface area (Å²) in [5, 5.41) is 0. The maximum Gasteiger partial charge on any atom is 0.257 e. The van der Waals surface area contributed by atoms with E-state index in [1.54, 1.807) is 16.7 Å². The molecule has 0 unspecified atom stereocenters. The van der Waals surface area contributed by atoms with E-state index < -0.39 is 0 Å². The zero-order valence-electron chi connectivity index (χ0n) is 8.16. The highest BCUT2D eigenvalue weighted by atomic mass is 16.1. The topological polar surface area (TPSA) is 22.0 Å². The smallest absolute Gasteiger partial charge is 0.257 e. The molecule has 13 heavy (non-hydrogen) atoms. The van der Waals surface area contributed by atoms with Crippen LogP contribution in [0.4, 0.5) is 0 Å². The van der Waals surface area contributed by atoms with Crippen LogP contribution < -0.4 is 5.56 Å². The van der Waals surface area contributed by atoms with Crippen molar-refractivity contribution in [2.75, 3.05) is 0 Å². The summed E-state index contributed by atoms with van der Waals surface area (Å²) in [5.74, 6) is 0.484. The highest BCUT2D eigenvalue weighted by molar-refractivity contribution is 5.44. The van der Waals surface area contributed by atoms with Gasteiger partial charge in [0.1, 0.15) is 0 Å². The van der Waals surface area contributed by atoms with Gasteiger partial charge >= 0.3 is 0 Å². The predicted octanol–water partition coefficient (Wildman–Crippen LogP) is 2.15. The van der Waals surface area contributed by atoms with E-state index in [1.807, 2.05) is 12.3 Å². The molecule has 1 heterocycles. The Hall–Kier alpha value is -1.31. The van der Waals surface area contributed by atoms with E-state index in [0.717, 1.165) is 6.54 Å². The molecule has 0 amide bonds. The summed E-state index contributed by atoms with van der Waals surface area (Å²) in [4.78, 5) is 11.6. The molecular formula is C11H15NO. The van der Waals surface area contributed by atoms with Crippen molar-refractivity contribution in [2.24, 2.45) is 5.92 Å². The molecule has 0 aliphatic rings. The average Bonchev–Trinajstić information content (AvgIpc) is 2.08. The number of pyridine rings is 1. The van der Waals surface area contributed by atoms with Gasteiger partial charge in [-0.25, -0.2) is 0 Å². The van der Waals surface area contributed by atoms with Gasteiger partial charge in [0.2, 0.25) is 0 Å². The van der Waals surface area contributed by atoms with Gasteiger partial charge in [0.05, 0.1) is 0 Å². The van der Waals surface area contributed by atoms with Crippen molar-refractivity contribution in [3.05, 3.63) is 40.8 Å². The van der Waals surface area contributed by atoms with Gasteiger partial charge in [0, 0.05) is 18.3 Å². The molecule has 0 aliphatic heterocycles. The van der Waals surface area contributed by atoms with Gasteiger partial charge in [0.25, 0.3) is 5.56 Å². The van der Waals surface area contributed by atoms with Gasteiger partial charge in [-0.3, -0.25) is 4.79 Å². The summed E-state index contributed by atoms with van der Waals surface area (Å²) < 4.78 is 1.72. The number of aromatic nitrogens is 1. The van der Waals surface area contributed by atoms with Crippen molar-refractivity contribution in [3.8, 4) is 0 Å². The second-order valence-corrected chi connectivity index (χ2v) is 3.52. The lowest BCUT2D eigenvalue weighted by Gasteiger charge is -2.08. The fourth-order valence-electron chi connectivity index (χ4n) is 1.25. The zero-order chi connectivity index (χ0) is 9.84. The Balaban J connectivity index is 3.09. The van der Waals surface area contributed by atoms with Gasteiger partial charge in [-0.1, -0.05) is 26.5 Å². The van der Waals surface area contributed by atoms with E-state index in [9.17, 15) is 4.79 Å². The Bertz CT molecular complexity index is 349. The maximum atomic E-state index is 11.6. The molecule has 2 heteroatoms. The number of rotatable bonds is 3. The predicted molar refractivity (Wildman–Crippen MR) is 55.6 cm³/mol. The molecule has 2 nitrogen and oxygen atoms in total. The van der Waals surface area contributed by atoms with Crippen LogP contribution in [0.2, 0.25) is 0 Å². The summed E-state index contributed by atoms with van der Waals surface area (Å²) in [6.07, 6.45) is 3.41. The largest absolute Gasteiger partial charge is 0.315 e. The van der Waals surface area contributed by atoms with E-state index in [-0.39, 0.29) is 5.56 Å². The first kappa shape index (κ1) is 9.78. The Morgan fingerprint density at radius 3 is 2.85 bits per heavy atom. The van der Waals surface area contributed by atoms with Gasteiger partial charge < -0.3 is 4.57 Å². The fourth-order valence-corrected chi connectivity index (χ4v) is 1.25. The first-order valence-corrected chi connectivity index (χ1v) is 4.47. The summed E-state index contributed by atoms with van der Waals surface area (Å²) in [7, 11) is 0. The lowest BCUT2D eigenvalue weighted by Crippen LogP contribution is -2.23. The molecule has 0 aliphatic carbocycles. The van der Waals surface area contributed by atoms with Crippen LogP contribution in [0.15, 0.2) is 29.7 Å². The summed E-state index contributed by atoms with van der Waals surface area (Å²) >= 11 is 0. The quantitative estimate of drug-likeness (QED) is 0.693. The molecule has 0 saturated heterocycles. The van der Waals surface area contributed by atoms with E-state index >= 15 is 0 Å². The standard InChI is InChI=1S/C11H15NO/c1-4-10-6-5-7-12(11(10)13)8-9(2)3/h4-7,9H,1,8H2,2-3H3. The van der Waals surface area contributed by atoms with E-state index in [1.165, 1.54) is 0 Å². The van der Waals surface area contributed by atoms with E-state index in [0.29, 0.717) is 11.5 Å². The lowest BCUT2D eigenvalue weighted by atomic mass is 10.2. The van der Waals surface area contributed by atoms with Crippen LogP contribution >= 0.6 is 0 Å². The first-order valence-electron chi connectivity index (χ1n) is 4.47. The molecule has 0 fully saturated rings. The average molecular weight is 177 g/mol. The van der Waals surface area contributed by atoms with Crippen LogP contribution in [0.5, 0.6) is 0 Å². The van der Waals surface area contributed by atoms with Crippen LogP contribution in [0, 0.1) is 5.92 Å². The Kier molecular flexibility index (Phi) is 3.07. The number of nitrogens with zero attached hydrogens (tertiary/aromatic N) is 1. The third kappa shape index (κ3) is 2.31. The molecule has 1 aromatic rings. The third-order valence-corrected chi connectivity index (χ3v) is 1.83. The Labute approximate surface area is 78.5 Å². The number of hydrogen-bond donors (Lipinski definition) is 0. The highest BCUT2D eigenvalue weighted by Gasteiger charge is 2.00. The van der Waals surface area contributed by atoms with Crippen LogP contribution in [-0.2, 0) is 6.54 Å². The SMILES string of the molecule is C=Cc1cccn(CC(C)C)c1=O. The summed E-state index contributed by atoms with van der Waals surface area (Å²) in [6.45, 7) is 8.54. The second-order valence-electron chi connectivity index (χ2n) is 3.52. The molecule has 0 spiro atoms. The van der Waals surface area contributed by atoms with Crippen molar-refractivity contribution in [1.29, 1.82) is 0 Å². The molecule has 0 aromatic carbocycles. The maximum absolute atomic E-state index is 11.6. The molecule has 0 atom stereocenters. The minimum absolute atomic E-state index is 0.0474. The number of hydrogen-bond acceptors (Lipinski definition) is 1.